The van der Waals surface area contributed by atoms with Crippen molar-refractivity contribution in [2.75, 3.05) is 7.11 Å². The van der Waals surface area contributed by atoms with Crippen LogP contribution in [0.5, 0.6) is 0 Å². The number of hydrogen-bond acceptors (Lipinski definition) is 6. The summed E-state index contributed by atoms with van der Waals surface area (Å²) < 4.78 is 4.65. The maximum Gasteiger partial charge on any atom is 0.305 e. The van der Waals surface area contributed by atoms with Crippen molar-refractivity contribution in [3.63, 3.8) is 0 Å². The summed E-state index contributed by atoms with van der Waals surface area (Å²) in [5.74, 6) is -0.317. The van der Waals surface area contributed by atoms with Crippen LogP contribution in [-0.2, 0) is 20.7 Å². The van der Waals surface area contributed by atoms with E-state index in [0.717, 1.165) is 51.4 Å². The zero-order valence-electron chi connectivity index (χ0n) is 19.2. The average Bonchev–Trinajstić information content (AvgIpc) is 3.35. The number of rotatable bonds is 13. The third-order valence-electron chi connectivity index (χ3n) is 7.49. The molecule has 2 aliphatic rings. The Balaban J connectivity index is 1.46. The highest BCUT2D eigenvalue weighted by atomic mass is 32.1. The van der Waals surface area contributed by atoms with Crippen molar-refractivity contribution in [3.8, 4) is 0 Å². The van der Waals surface area contributed by atoms with E-state index in [-0.39, 0.29) is 35.4 Å². The van der Waals surface area contributed by atoms with Gasteiger partial charge in [-0.2, -0.15) is 0 Å². The van der Waals surface area contributed by atoms with Crippen LogP contribution in [0.3, 0.4) is 0 Å². The Labute approximate surface area is 195 Å². The Morgan fingerprint density at radius 2 is 2.09 bits per heavy atom. The molecule has 0 saturated heterocycles. The number of ketones is 1. The SMILES string of the molecule is COC(=O)CCCCCC[C@H]1C(=O)C[C@@H](O)[C@H]1C=CCC(O)C1(Cc2cccs2)CCC1. The second-order valence-electron chi connectivity index (χ2n) is 9.60. The Bertz CT molecular complexity index is 752. The van der Waals surface area contributed by atoms with Crippen LogP contribution in [0.4, 0.5) is 0 Å². The summed E-state index contributed by atoms with van der Waals surface area (Å²) >= 11 is 1.75. The molecule has 0 amide bonds. The number of methoxy groups -OCH3 is 1. The molecule has 2 aliphatic carbocycles. The molecule has 0 aliphatic heterocycles. The van der Waals surface area contributed by atoms with Crippen molar-refractivity contribution in [1.82, 2.24) is 0 Å². The molecule has 1 unspecified atom stereocenters. The Morgan fingerprint density at radius 1 is 1.31 bits per heavy atom. The number of thiophene rings is 1. The molecule has 1 aromatic rings. The van der Waals surface area contributed by atoms with E-state index in [9.17, 15) is 19.8 Å². The quantitative estimate of drug-likeness (QED) is 0.249. The van der Waals surface area contributed by atoms with Gasteiger partial charge < -0.3 is 14.9 Å². The first-order valence-corrected chi connectivity index (χ1v) is 13.0. The Kier molecular flexibility index (Phi) is 9.50. The van der Waals surface area contributed by atoms with E-state index in [4.69, 9.17) is 0 Å². The number of aliphatic hydroxyl groups is 2. The van der Waals surface area contributed by atoms with E-state index >= 15 is 0 Å². The third-order valence-corrected chi connectivity index (χ3v) is 8.36. The van der Waals surface area contributed by atoms with Crippen molar-refractivity contribution in [3.05, 3.63) is 34.5 Å². The van der Waals surface area contributed by atoms with E-state index in [1.165, 1.54) is 18.4 Å². The van der Waals surface area contributed by atoms with Gasteiger partial charge in [-0.3, -0.25) is 9.59 Å². The van der Waals surface area contributed by atoms with Crippen LogP contribution in [-0.4, -0.2) is 41.3 Å². The van der Waals surface area contributed by atoms with E-state index in [1.807, 2.05) is 12.2 Å². The highest BCUT2D eigenvalue weighted by Gasteiger charge is 2.43. The van der Waals surface area contributed by atoms with Crippen molar-refractivity contribution in [1.29, 1.82) is 0 Å². The van der Waals surface area contributed by atoms with Crippen LogP contribution in [0.25, 0.3) is 0 Å². The van der Waals surface area contributed by atoms with Crippen LogP contribution in [0.1, 0.15) is 75.5 Å². The second kappa shape index (κ2) is 12.1. The largest absolute Gasteiger partial charge is 0.469 e. The number of aliphatic hydroxyl groups excluding tert-OH is 2. The maximum absolute atomic E-state index is 12.4. The summed E-state index contributed by atoms with van der Waals surface area (Å²) in [5.41, 5.74) is -0.0249. The van der Waals surface area contributed by atoms with E-state index < -0.39 is 12.2 Å². The van der Waals surface area contributed by atoms with Gasteiger partial charge >= 0.3 is 5.97 Å². The summed E-state index contributed by atoms with van der Waals surface area (Å²) in [4.78, 5) is 24.9. The summed E-state index contributed by atoms with van der Waals surface area (Å²) in [6.45, 7) is 0. The van der Waals surface area contributed by atoms with Gasteiger partial charge in [0.15, 0.2) is 0 Å². The lowest BCUT2D eigenvalue weighted by Gasteiger charge is -2.45. The molecule has 3 rings (SSSR count). The van der Waals surface area contributed by atoms with Crippen LogP contribution in [0.15, 0.2) is 29.7 Å². The molecule has 32 heavy (non-hydrogen) atoms. The van der Waals surface area contributed by atoms with Gasteiger partial charge in [-0.05, 0) is 50.0 Å². The number of unbranched alkanes of at least 4 members (excludes halogenated alkanes) is 3. The molecule has 0 spiro atoms. The monoisotopic (exact) mass is 462 g/mol. The molecule has 0 bridgehead atoms. The topological polar surface area (TPSA) is 83.8 Å². The molecular formula is C26H38O5S. The first kappa shape index (κ1) is 25.1. The predicted molar refractivity (Wildman–Crippen MR) is 126 cm³/mol. The highest BCUT2D eigenvalue weighted by molar-refractivity contribution is 7.09. The third kappa shape index (κ3) is 6.52. The molecular weight excluding hydrogens is 424 g/mol. The molecule has 5 nitrogen and oxygen atoms in total. The van der Waals surface area contributed by atoms with Gasteiger partial charge in [0.1, 0.15) is 5.78 Å². The molecule has 6 heteroatoms. The van der Waals surface area contributed by atoms with Crippen molar-refractivity contribution < 1.29 is 24.5 Å². The second-order valence-corrected chi connectivity index (χ2v) is 10.6. The van der Waals surface area contributed by atoms with Gasteiger partial charge in [-0.25, -0.2) is 0 Å². The minimum absolute atomic E-state index is 0.0249. The van der Waals surface area contributed by atoms with Crippen molar-refractivity contribution >= 4 is 23.1 Å². The van der Waals surface area contributed by atoms with E-state index in [0.29, 0.717) is 12.8 Å². The summed E-state index contributed by atoms with van der Waals surface area (Å²) in [6, 6.07) is 4.21. The Hall–Kier alpha value is -1.50. The van der Waals surface area contributed by atoms with Gasteiger partial charge in [0.05, 0.1) is 19.3 Å². The van der Waals surface area contributed by atoms with Crippen LogP contribution < -0.4 is 0 Å². The minimum atomic E-state index is -0.621. The van der Waals surface area contributed by atoms with Crippen LogP contribution in [0, 0.1) is 17.3 Å². The van der Waals surface area contributed by atoms with E-state index in [2.05, 4.69) is 22.2 Å². The number of esters is 1. The maximum atomic E-state index is 12.4. The number of hydrogen-bond donors (Lipinski definition) is 2. The fourth-order valence-corrected chi connectivity index (χ4v) is 6.17. The summed E-state index contributed by atoms with van der Waals surface area (Å²) in [5, 5.41) is 23.5. The predicted octanol–water partition coefficient (Wildman–Crippen LogP) is 4.85. The highest BCUT2D eigenvalue weighted by Crippen LogP contribution is 2.48. The molecule has 178 valence electrons. The molecule has 2 N–H and O–H groups in total. The minimum Gasteiger partial charge on any atom is -0.469 e. The molecule has 1 heterocycles. The fourth-order valence-electron chi connectivity index (χ4n) is 5.31. The standard InChI is InChI=1S/C26H38O5S/c1-31-25(30)13-5-3-2-4-10-20-21(23(28)17-22(20)27)11-6-12-24(29)26(14-8-15-26)18-19-9-7-16-32-19/h6-7,9,11,16,20-21,23-24,28-29H,2-5,8,10,12-15,17-18H2,1H3/t20-,21+,23-,24?/m1/s1. The summed E-state index contributed by atoms with van der Waals surface area (Å²) in [7, 11) is 1.40. The van der Waals surface area contributed by atoms with Crippen LogP contribution in [0.2, 0.25) is 0 Å². The number of carbonyl (C=O) groups is 2. The molecule has 0 radical (unpaired) electrons. The van der Waals surface area contributed by atoms with Crippen molar-refractivity contribution in [2.45, 2.75) is 89.3 Å². The molecule has 2 fully saturated rings. The van der Waals surface area contributed by atoms with Crippen molar-refractivity contribution in [2.24, 2.45) is 17.3 Å². The first-order valence-electron chi connectivity index (χ1n) is 12.1. The van der Waals surface area contributed by atoms with Gasteiger partial charge in [-0.15, -0.1) is 11.3 Å². The fraction of sp³-hybridized carbons (Fsp3) is 0.692. The van der Waals surface area contributed by atoms with Gasteiger partial charge in [0.25, 0.3) is 0 Å². The first-order chi connectivity index (χ1) is 15.4. The number of ether oxygens (including phenoxy) is 1. The molecule has 2 saturated carbocycles. The number of carbonyl (C=O) groups excluding carboxylic acids is 2. The molecule has 1 aromatic heterocycles. The van der Waals surface area contributed by atoms with E-state index in [1.54, 1.807) is 11.3 Å². The zero-order chi connectivity index (χ0) is 23.0. The van der Waals surface area contributed by atoms with Gasteiger partial charge in [0.2, 0.25) is 0 Å². The molecule has 4 atom stereocenters. The lowest BCUT2D eigenvalue weighted by molar-refractivity contribution is -0.140. The smallest absolute Gasteiger partial charge is 0.305 e. The van der Waals surface area contributed by atoms with Crippen LogP contribution >= 0.6 is 11.3 Å². The lowest BCUT2D eigenvalue weighted by Crippen LogP contribution is -2.42. The summed E-state index contributed by atoms with van der Waals surface area (Å²) in [6.07, 6.45) is 12.8. The number of Topliss-reactive ketones (excluding diaryl/α,β-unsaturated/α-hetero) is 1. The molecule has 0 aromatic carbocycles. The lowest BCUT2D eigenvalue weighted by atomic mass is 9.62. The van der Waals surface area contributed by atoms with Gasteiger partial charge in [0, 0.05) is 35.0 Å². The van der Waals surface area contributed by atoms with Gasteiger partial charge in [-0.1, -0.05) is 43.9 Å². The Morgan fingerprint density at radius 3 is 2.75 bits per heavy atom. The zero-order valence-corrected chi connectivity index (χ0v) is 20.0. The normalized spacial score (nSPS) is 25.7. The average molecular weight is 463 g/mol.